The summed E-state index contributed by atoms with van der Waals surface area (Å²) < 4.78 is 65.3. The van der Waals surface area contributed by atoms with E-state index in [2.05, 4.69) is 30.8 Å². The van der Waals surface area contributed by atoms with Gasteiger partial charge in [-0.05, 0) is 35.8 Å². The first-order valence-corrected chi connectivity index (χ1v) is 14.4. The summed E-state index contributed by atoms with van der Waals surface area (Å²) in [5.41, 5.74) is -0.0905. The number of ether oxygens (including phenoxy) is 1. The summed E-state index contributed by atoms with van der Waals surface area (Å²) in [6, 6.07) is 10.2. The molecule has 4 aromatic rings. The molecule has 0 unspecified atom stereocenters. The fourth-order valence-corrected chi connectivity index (χ4v) is 6.88. The van der Waals surface area contributed by atoms with Crippen LogP contribution in [0.4, 0.5) is 23.4 Å². The number of halogens is 4. The number of aromatic hydroxyl groups is 1. The molecule has 1 N–H and O–H groups in total. The molecule has 3 saturated heterocycles. The van der Waals surface area contributed by atoms with Gasteiger partial charge in [0.1, 0.15) is 28.4 Å². The van der Waals surface area contributed by atoms with Crippen LogP contribution in [0.3, 0.4) is 0 Å². The maximum absolute atomic E-state index is 16.1. The summed E-state index contributed by atoms with van der Waals surface area (Å²) in [7, 11) is 0. The smallest absolute Gasteiger partial charge is 0.469 e. The summed E-state index contributed by atoms with van der Waals surface area (Å²) in [5, 5.41) is 11.3. The number of rotatable bonds is 0. The van der Waals surface area contributed by atoms with Gasteiger partial charge in [-0.15, -0.1) is 10.8 Å². The molecule has 2 aromatic carbocycles. The van der Waals surface area contributed by atoms with Gasteiger partial charge in [-0.1, -0.05) is 30.7 Å². The number of aromatic nitrogens is 3. The minimum Gasteiger partial charge on any atom is -0.479 e. The van der Waals surface area contributed by atoms with Crippen molar-refractivity contribution in [1.29, 1.82) is 0 Å². The second kappa shape index (κ2) is 11.1. The van der Waals surface area contributed by atoms with Gasteiger partial charge in [0.15, 0.2) is 11.9 Å². The average Bonchev–Trinajstić information content (AvgIpc) is 3.16. The Morgan fingerprint density at radius 1 is 1.14 bits per heavy atom. The molecule has 0 spiro atoms. The first kappa shape index (κ1) is 29.7. The van der Waals surface area contributed by atoms with Gasteiger partial charge in [-0.2, -0.15) is 16.4 Å². The molecule has 4 atom stereocenters. The molecule has 13 heteroatoms. The van der Waals surface area contributed by atoms with Crippen molar-refractivity contribution in [3.05, 3.63) is 64.6 Å². The fourth-order valence-electron chi connectivity index (χ4n) is 6.88. The minimum atomic E-state index is -2.23. The van der Waals surface area contributed by atoms with Crippen LogP contribution in [0.2, 0.25) is 0 Å². The van der Waals surface area contributed by atoms with E-state index in [1.165, 1.54) is 24.7 Å². The van der Waals surface area contributed by atoms with E-state index in [-0.39, 0.29) is 76.6 Å². The Balaban J connectivity index is 0.000000268. The quantitative estimate of drug-likeness (QED) is 0.142. The van der Waals surface area contributed by atoms with Crippen LogP contribution in [0.5, 0.6) is 6.01 Å². The standard InChI is InChI=1S/C24H14F3N5O2.C7H11FN.U/c25-15-6-5-11-3-1-4-12-16(11)13(15)10-29-24(27)20-21(24)34-8-2-7-32(20)22-14-9-28-18(12)17(26)19(14)30-23(33)31-22;8-6-4-7-2-1-3-9(7)5-6;/h1,3-6,9,20-21H,2,7-8H2;6H,1-5H2;/q;-1;/p+1/t20-,21+,24-;6-;/m01./s1. The van der Waals surface area contributed by atoms with E-state index in [0.29, 0.717) is 24.9 Å². The van der Waals surface area contributed by atoms with Gasteiger partial charge >= 0.3 is 17.9 Å². The van der Waals surface area contributed by atoms with Crippen molar-refractivity contribution in [3.8, 4) is 23.3 Å². The van der Waals surface area contributed by atoms with Crippen molar-refractivity contribution in [2.24, 2.45) is 0 Å². The van der Waals surface area contributed by atoms with Gasteiger partial charge in [0.2, 0.25) is 6.10 Å². The predicted molar refractivity (Wildman–Crippen MR) is 151 cm³/mol. The van der Waals surface area contributed by atoms with Gasteiger partial charge in [-0.3, -0.25) is 4.98 Å². The first-order valence-electron chi connectivity index (χ1n) is 14.4. The number of hydrogen-bond acceptors (Lipinski definition) is 7. The molecule has 10 rings (SSSR count). The summed E-state index contributed by atoms with van der Waals surface area (Å²) in [5.74, 6) is -3.58. The number of benzene rings is 2. The Bertz CT molecular complexity index is 1860. The van der Waals surface area contributed by atoms with Gasteiger partial charge in [0.25, 0.3) is 0 Å². The average molecular weight is 829 g/mol. The van der Waals surface area contributed by atoms with E-state index in [9.17, 15) is 9.50 Å². The van der Waals surface area contributed by atoms with Crippen LogP contribution in [0.25, 0.3) is 37.8 Å². The van der Waals surface area contributed by atoms with Crippen molar-refractivity contribution < 1.29 is 58.5 Å². The molecule has 0 amide bonds. The molecule has 4 bridgehead atoms. The second-order valence-corrected chi connectivity index (χ2v) is 11.5. The predicted octanol–water partition coefficient (Wildman–Crippen LogP) is 5.52. The molecule has 44 heavy (non-hydrogen) atoms. The van der Waals surface area contributed by atoms with Crippen molar-refractivity contribution >= 4 is 27.5 Å². The van der Waals surface area contributed by atoms with E-state index in [1.807, 2.05) is 0 Å². The Morgan fingerprint density at radius 3 is 2.84 bits per heavy atom. The molecular weight excluding hydrogens is 802 g/mol. The SMILES string of the molecule is F[C@@H]1C[C-]2CCCN2C1.Oc1nc2c3cnc(c(F)c3n1)-c1cccc3ccc(F)c(c13)C#[N+][C@]1(F)[C@@H]3OCCCN2[C@@H]31.[U]. The van der Waals surface area contributed by atoms with Crippen molar-refractivity contribution in [2.75, 3.05) is 31.1 Å². The maximum Gasteiger partial charge on any atom is 0.469 e. The number of nitrogens with zero attached hydrogens (tertiary/aromatic N) is 6. The first-order chi connectivity index (χ1) is 20.8. The van der Waals surface area contributed by atoms with E-state index in [0.717, 1.165) is 19.4 Å². The molecule has 7 heterocycles. The summed E-state index contributed by atoms with van der Waals surface area (Å²) >= 11 is 0. The molecule has 224 valence electrons. The number of fused-ring (bicyclic) bond motifs is 2. The Labute approximate surface area is 273 Å². The topological polar surface area (TPSA) is 79.0 Å². The number of pyridine rings is 1. The molecule has 0 radical (unpaired) electrons. The summed E-state index contributed by atoms with van der Waals surface area (Å²) in [6.07, 6.45) is 3.57. The van der Waals surface area contributed by atoms with Gasteiger partial charge in [-0.25, -0.2) is 19.2 Å². The van der Waals surface area contributed by atoms with Gasteiger partial charge in [0.05, 0.1) is 11.6 Å². The number of hydrogen-bond donors (Lipinski definition) is 1. The zero-order valence-electron chi connectivity index (χ0n) is 23.4. The summed E-state index contributed by atoms with van der Waals surface area (Å²) in [6.45, 7) is 2.38. The molecule has 6 aliphatic rings. The van der Waals surface area contributed by atoms with Crippen LogP contribution in [0.1, 0.15) is 31.2 Å². The van der Waals surface area contributed by atoms with E-state index in [1.54, 1.807) is 29.2 Å². The van der Waals surface area contributed by atoms with Crippen LogP contribution in [0.15, 0.2) is 36.5 Å². The molecule has 5 aliphatic heterocycles. The Hall–Kier alpha value is -3.03. The molecule has 1 saturated carbocycles. The third-order valence-electron chi connectivity index (χ3n) is 8.90. The molecule has 1 aliphatic carbocycles. The Kier molecular flexibility index (Phi) is 7.48. The molecule has 4 fully saturated rings. The van der Waals surface area contributed by atoms with Crippen molar-refractivity contribution in [1.82, 2.24) is 19.9 Å². The van der Waals surface area contributed by atoms with E-state index >= 15 is 13.2 Å². The maximum atomic E-state index is 16.1. The second-order valence-electron chi connectivity index (χ2n) is 11.5. The third kappa shape index (κ3) is 4.65. The largest absolute Gasteiger partial charge is 0.479 e. The monoisotopic (exact) mass is 828 g/mol. The number of alkyl halides is 2. The fraction of sp³-hybridized carbons (Fsp3) is 0.387. The molecular formula is C31H26F4N6O2U. The summed E-state index contributed by atoms with van der Waals surface area (Å²) in [4.78, 5) is 20.2. The van der Waals surface area contributed by atoms with Crippen molar-refractivity contribution in [3.63, 3.8) is 0 Å². The van der Waals surface area contributed by atoms with Crippen LogP contribution in [-0.2, 0) is 4.74 Å². The molecule has 2 aromatic heterocycles. The number of anilines is 1. The van der Waals surface area contributed by atoms with Crippen molar-refractivity contribution in [2.45, 2.75) is 49.8 Å². The van der Waals surface area contributed by atoms with Gasteiger partial charge in [0, 0.05) is 61.4 Å². The van der Waals surface area contributed by atoms with E-state index < -0.39 is 41.8 Å². The van der Waals surface area contributed by atoms with Gasteiger partial charge < -0.3 is 19.6 Å². The van der Waals surface area contributed by atoms with Crippen LogP contribution in [0, 0.1) is 54.9 Å². The zero-order chi connectivity index (χ0) is 29.5. The Morgan fingerprint density at radius 2 is 2.00 bits per heavy atom. The minimum absolute atomic E-state index is 0. The zero-order valence-corrected chi connectivity index (χ0v) is 27.6. The van der Waals surface area contributed by atoms with Crippen LogP contribution < -0.4 is 4.90 Å². The molecule has 8 nitrogen and oxygen atoms in total. The van der Waals surface area contributed by atoms with Crippen LogP contribution in [-0.4, -0.2) is 75.3 Å². The van der Waals surface area contributed by atoms with Crippen LogP contribution >= 0.6 is 0 Å². The van der Waals surface area contributed by atoms with E-state index in [4.69, 9.17) is 4.74 Å². The normalized spacial score (nSPS) is 26.7. The third-order valence-corrected chi connectivity index (χ3v) is 8.90.